The van der Waals surface area contributed by atoms with Gasteiger partial charge in [0.25, 0.3) is 5.91 Å². The Morgan fingerprint density at radius 3 is 2.31 bits per heavy atom. The standard InChI is InChI=1S/C22H25FN2O3S/c1-14(21-13-15-2-3-17(21)12-15)25-29(27,28)20-10-8-19(9-11-20)24-22(26)16-4-6-18(23)7-5-16/h4-11,14-15,17,21,25H,2-3,12-13H2,1H3,(H,24,26). The number of carbonyl (C=O) groups excluding carboxylic acids is 1. The molecular weight excluding hydrogens is 391 g/mol. The second-order valence-corrected chi connectivity index (χ2v) is 9.95. The van der Waals surface area contributed by atoms with Crippen molar-refractivity contribution in [3.63, 3.8) is 0 Å². The lowest BCUT2D eigenvalue weighted by molar-refractivity contribution is 0.102. The number of fused-ring (bicyclic) bond motifs is 2. The van der Waals surface area contributed by atoms with E-state index >= 15 is 0 Å². The number of amides is 1. The van der Waals surface area contributed by atoms with E-state index in [1.54, 1.807) is 12.1 Å². The van der Waals surface area contributed by atoms with E-state index in [1.165, 1.54) is 55.7 Å². The number of carbonyl (C=O) groups is 1. The molecule has 4 atom stereocenters. The molecule has 29 heavy (non-hydrogen) atoms. The molecule has 2 saturated carbocycles. The third-order valence-electron chi connectivity index (χ3n) is 6.30. The molecule has 154 valence electrons. The van der Waals surface area contributed by atoms with Gasteiger partial charge in [-0.15, -0.1) is 0 Å². The lowest BCUT2D eigenvalue weighted by Crippen LogP contribution is -2.40. The molecule has 0 aromatic heterocycles. The van der Waals surface area contributed by atoms with Crippen LogP contribution in [0.25, 0.3) is 0 Å². The number of nitrogens with one attached hydrogen (secondary N) is 2. The van der Waals surface area contributed by atoms with Gasteiger partial charge in [0.2, 0.25) is 10.0 Å². The molecule has 2 aliphatic carbocycles. The summed E-state index contributed by atoms with van der Waals surface area (Å²) >= 11 is 0. The fourth-order valence-electron chi connectivity index (χ4n) is 4.83. The Bertz CT molecular complexity index is 990. The van der Waals surface area contributed by atoms with Crippen LogP contribution in [0.4, 0.5) is 10.1 Å². The van der Waals surface area contributed by atoms with E-state index in [1.807, 2.05) is 6.92 Å². The molecule has 2 bridgehead atoms. The molecule has 0 radical (unpaired) electrons. The molecule has 5 nitrogen and oxygen atoms in total. The third-order valence-corrected chi connectivity index (χ3v) is 7.88. The van der Waals surface area contributed by atoms with Crippen LogP contribution in [0.5, 0.6) is 0 Å². The fraction of sp³-hybridized carbons (Fsp3) is 0.409. The van der Waals surface area contributed by atoms with E-state index < -0.39 is 15.8 Å². The molecule has 2 fully saturated rings. The first-order chi connectivity index (χ1) is 13.8. The van der Waals surface area contributed by atoms with Crippen molar-refractivity contribution >= 4 is 21.6 Å². The number of rotatable bonds is 6. The maximum absolute atomic E-state index is 13.0. The molecule has 0 spiro atoms. The monoisotopic (exact) mass is 416 g/mol. The van der Waals surface area contributed by atoms with E-state index in [2.05, 4.69) is 10.0 Å². The number of hydrogen-bond donors (Lipinski definition) is 2. The number of halogens is 1. The van der Waals surface area contributed by atoms with Gasteiger partial charge in [0.15, 0.2) is 0 Å². The highest BCUT2D eigenvalue weighted by atomic mass is 32.2. The minimum atomic E-state index is -3.62. The van der Waals surface area contributed by atoms with Crippen LogP contribution in [0.1, 0.15) is 43.0 Å². The molecule has 1 amide bonds. The Labute approximate surface area is 170 Å². The van der Waals surface area contributed by atoms with Gasteiger partial charge in [-0.1, -0.05) is 6.42 Å². The van der Waals surface area contributed by atoms with Crippen LogP contribution in [-0.4, -0.2) is 20.4 Å². The Morgan fingerprint density at radius 1 is 1.03 bits per heavy atom. The zero-order valence-corrected chi connectivity index (χ0v) is 17.1. The van der Waals surface area contributed by atoms with Gasteiger partial charge in [-0.3, -0.25) is 4.79 Å². The van der Waals surface area contributed by atoms with Crippen molar-refractivity contribution in [2.45, 2.75) is 43.5 Å². The van der Waals surface area contributed by atoms with Crippen LogP contribution in [-0.2, 0) is 10.0 Å². The minimum absolute atomic E-state index is 0.0897. The number of benzene rings is 2. The highest BCUT2D eigenvalue weighted by molar-refractivity contribution is 7.89. The van der Waals surface area contributed by atoms with E-state index in [4.69, 9.17) is 0 Å². The van der Waals surface area contributed by atoms with E-state index in [-0.39, 0.29) is 16.8 Å². The SMILES string of the molecule is CC(NS(=O)(=O)c1ccc(NC(=O)c2ccc(F)cc2)cc1)C1CC2CCC1C2. The van der Waals surface area contributed by atoms with Crippen LogP contribution < -0.4 is 10.0 Å². The van der Waals surface area contributed by atoms with Gasteiger partial charge in [0.1, 0.15) is 5.82 Å². The molecule has 4 rings (SSSR count). The maximum Gasteiger partial charge on any atom is 0.255 e. The molecule has 0 saturated heterocycles. The van der Waals surface area contributed by atoms with Crippen molar-refractivity contribution in [3.05, 3.63) is 59.9 Å². The zero-order chi connectivity index (χ0) is 20.6. The topological polar surface area (TPSA) is 75.3 Å². The summed E-state index contributed by atoms with van der Waals surface area (Å²) in [6.45, 7) is 1.96. The van der Waals surface area contributed by atoms with Crippen molar-refractivity contribution < 1.29 is 17.6 Å². The lowest BCUT2D eigenvalue weighted by atomic mass is 9.84. The molecule has 2 aromatic rings. The second-order valence-electron chi connectivity index (χ2n) is 8.23. The maximum atomic E-state index is 13.0. The van der Waals surface area contributed by atoms with Crippen LogP contribution in [0.2, 0.25) is 0 Å². The van der Waals surface area contributed by atoms with Crippen molar-refractivity contribution in [1.82, 2.24) is 4.72 Å². The van der Waals surface area contributed by atoms with E-state index in [0.29, 0.717) is 23.1 Å². The fourth-order valence-corrected chi connectivity index (χ4v) is 6.12. The van der Waals surface area contributed by atoms with Crippen molar-refractivity contribution in [1.29, 1.82) is 0 Å². The van der Waals surface area contributed by atoms with E-state index in [0.717, 1.165) is 12.3 Å². The summed E-state index contributed by atoms with van der Waals surface area (Å²) in [6, 6.07) is 11.2. The average Bonchev–Trinajstić information content (AvgIpc) is 3.32. The summed E-state index contributed by atoms with van der Waals surface area (Å²) in [4.78, 5) is 12.4. The Kier molecular flexibility index (Phi) is 5.44. The highest BCUT2D eigenvalue weighted by Gasteiger charge is 2.42. The first-order valence-electron chi connectivity index (χ1n) is 10.0. The number of sulfonamides is 1. The van der Waals surface area contributed by atoms with Crippen LogP contribution in [0, 0.1) is 23.6 Å². The van der Waals surface area contributed by atoms with Crippen molar-refractivity contribution in [2.75, 3.05) is 5.32 Å². The predicted octanol–water partition coefficient (Wildman–Crippen LogP) is 4.18. The highest BCUT2D eigenvalue weighted by Crippen LogP contribution is 2.49. The van der Waals surface area contributed by atoms with Gasteiger partial charge in [-0.05, 0) is 92.5 Å². The first kappa shape index (κ1) is 20.0. The van der Waals surface area contributed by atoms with Crippen LogP contribution in [0.3, 0.4) is 0 Å². The Balaban J connectivity index is 1.40. The predicted molar refractivity (Wildman–Crippen MR) is 110 cm³/mol. The van der Waals surface area contributed by atoms with Crippen LogP contribution in [0.15, 0.2) is 53.4 Å². The smallest absolute Gasteiger partial charge is 0.255 e. The quantitative estimate of drug-likeness (QED) is 0.742. The Hall–Kier alpha value is -2.25. The van der Waals surface area contributed by atoms with Gasteiger partial charge in [0.05, 0.1) is 4.90 Å². The number of anilines is 1. The normalized spacial score (nSPS) is 24.4. The summed E-state index contributed by atoms with van der Waals surface area (Å²) in [5.41, 5.74) is 0.795. The summed E-state index contributed by atoms with van der Waals surface area (Å²) in [5, 5.41) is 2.68. The van der Waals surface area contributed by atoms with Crippen LogP contribution >= 0.6 is 0 Å². The molecule has 0 heterocycles. The lowest BCUT2D eigenvalue weighted by Gasteiger charge is -2.28. The first-order valence-corrected chi connectivity index (χ1v) is 11.5. The van der Waals surface area contributed by atoms with Gasteiger partial charge in [-0.25, -0.2) is 17.5 Å². The van der Waals surface area contributed by atoms with E-state index in [9.17, 15) is 17.6 Å². The van der Waals surface area contributed by atoms with Gasteiger partial charge < -0.3 is 5.32 Å². The summed E-state index contributed by atoms with van der Waals surface area (Å²) in [6.07, 6.45) is 4.84. The third kappa shape index (κ3) is 4.36. The van der Waals surface area contributed by atoms with Crippen molar-refractivity contribution in [3.8, 4) is 0 Å². The van der Waals surface area contributed by atoms with Gasteiger partial charge in [0, 0.05) is 17.3 Å². The molecule has 2 N–H and O–H groups in total. The zero-order valence-electron chi connectivity index (χ0n) is 16.3. The molecule has 4 unspecified atom stereocenters. The van der Waals surface area contributed by atoms with Crippen molar-refractivity contribution in [2.24, 2.45) is 17.8 Å². The average molecular weight is 417 g/mol. The molecule has 0 aliphatic heterocycles. The summed E-state index contributed by atoms with van der Waals surface area (Å²) in [5.74, 6) is 1.02. The largest absolute Gasteiger partial charge is 0.322 e. The summed E-state index contributed by atoms with van der Waals surface area (Å²) in [7, 11) is -3.62. The second kappa shape index (κ2) is 7.88. The summed E-state index contributed by atoms with van der Waals surface area (Å²) < 4.78 is 41.3. The molecule has 7 heteroatoms. The van der Waals surface area contributed by atoms with Gasteiger partial charge in [-0.2, -0.15) is 0 Å². The molecule has 2 aromatic carbocycles. The minimum Gasteiger partial charge on any atom is -0.322 e. The molecule has 2 aliphatic rings. The Morgan fingerprint density at radius 2 is 1.72 bits per heavy atom. The molecular formula is C22H25FN2O3S. The number of hydrogen-bond acceptors (Lipinski definition) is 3. The van der Waals surface area contributed by atoms with Gasteiger partial charge >= 0.3 is 0 Å².